The van der Waals surface area contributed by atoms with Crippen molar-refractivity contribution in [2.24, 2.45) is 5.84 Å². The monoisotopic (exact) mass is 258 g/mol. The lowest BCUT2D eigenvalue weighted by atomic mass is 9.85. The topological polar surface area (TPSA) is 38.0 Å². The molecule has 0 radical (unpaired) electrons. The Morgan fingerprint density at radius 1 is 1.21 bits per heavy atom. The third-order valence-corrected chi connectivity index (χ3v) is 4.41. The summed E-state index contributed by atoms with van der Waals surface area (Å²) >= 11 is 0. The summed E-state index contributed by atoms with van der Waals surface area (Å²) in [6, 6.07) is 11.3. The predicted molar refractivity (Wildman–Crippen MR) is 81.7 cm³/mol. The average molecular weight is 258 g/mol. The second-order valence-corrected chi connectivity index (χ2v) is 5.67. The minimum Gasteiger partial charge on any atom is -0.271 e. The standard InChI is InChI=1S/C17H26N2/c1-2-3-4-5-9-12-16(19-18)17(13-14-17)15-10-7-6-8-11-15/h2,6-8,10-11,16,19H,1,3-5,9,12-14,18H2. The van der Waals surface area contributed by atoms with Gasteiger partial charge in [0, 0.05) is 11.5 Å². The molecule has 1 aromatic carbocycles. The van der Waals surface area contributed by atoms with E-state index in [1.54, 1.807) is 0 Å². The second kappa shape index (κ2) is 6.88. The quantitative estimate of drug-likeness (QED) is 0.307. The molecule has 0 aliphatic heterocycles. The van der Waals surface area contributed by atoms with Crippen LogP contribution in [0.15, 0.2) is 43.0 Å². The Labute approximate surface area is 117 Å². The van der Waals surface area contributed by atoms with Crippen LogP contribution in [-0.2, 0) is 5.41 Å². The van der Waals surface area contributed by atoms with Crippen LogP contribution >= 0.6 is 0 Å². The number of unbranched alkanes of at least 4 members (excludes halogenated alkanes) is 3. The number of hydrazine groups is 1. The minimum absolute atomic E-state index is 0.300. The van der Waals surface area contributed by atoms with Gasteiger partial charge in [0.05, 0.1) is 0 Å². The maximum absolute atomic E-state index is 5.81. The Hall–Kier alpha value is -1.12. The molecule has 0 saturated heterocycles. The summed E-state index contributed by atoms with van der Waals surface area (Å²) < 4.78 is 0. The number of nitrogens with one attached hydrogen (secondary N) is 1. The Morgan fingerprint density at radius 2 is 1.95 bits per heavy atom. The molecule has 1 aliphatic rings. The van der Waals surface area contributed by atoms with Gasteiger partial charge in [-0.05, 0) is 37.7 Å². The van der Waals surface area contributed by atoms with E-state index in [0.717, 1.165) is 6.42 Å². The van der Waals surface area contributed by atoms with E-state index in [-0.39, 0.29) is 0 Å². The Balaban J connectivity index is 1.89. The molecule has 3 N–H and O–H groups in total. The molecule has 1 aromatic rings. The van der Waals surface area contributed by atoms with Crippen LogP contribution in [0.3, 0.4) is 0 Å². The van der Waals surface area contributed by atoms with Gasteiger partial charge in [0.2, 0.25) is 0 Å². The first-order valence-electron chi connectivity index (χ1n) is 7.46. The zero-order valence-corrected chi connectivity index (χ0v) is 11.8. The number of rotatable bonds is 9. The smallest absolute Gasteiger partial charge is 0.0307 e. The molecule has 1 atom stereocenters. The number of benzene rings is 1. The zero-order chi connectivity index (χ0) is 13.6. The fraction of sp³-hybridized carbons (Fsp3) is 0.529. The summed E-state index contributed by atoms with van der Waals surface area (Å²) in [5.74, 6) is 5.81. The van der Waals surface area contributed by atoms with Crippen molar-refractivity contribution < 1.29 is 0 Å². The highest BCUT2D eigenvalue weighted by Gasteiger charge is 2.49. The third-order valence-electron chi connectivity index (χ3n) is 4.41. The van der Waals surface area contributed by atoms with Crippen molar-refractivity contribution in [1.29, 1.82) is 0 Å². The lowest BCUT2D eigenvalue weighted by Gasteiger charge is -2.27. The molecule has 0 bridgehead atoms. The van der Waals surface area contributed by atoms with Gasteiger partial charge in [0.1, 0.15) is 0 Å². The molecule has 0 aromatic heterocycles. The molecule has 1 fully saturated rings. The number of hydrogen-bond donors (Lipinski definition) is 2. The highest BCUT2D eigenvalue weighted by Crippen LogP contribution is 2.51. The molecule has 1 aliphatic carbocycles. The molecular formula is C17H26N2. The molecule has 2 rings (SSSR count). The lowest BCUT2D eigenvalue weighted by Crippen LogP contribution is -2.44. The van der Waals surface area contributed by atoms with E-state index >= 15 is 0 Å². The fourth-order valence-electron chi connectivity index (χ4n) is 3.08. The molecule has 1 unspecified atom stereocenters. The van der Waals surface area contributed by atoms with Gasteiger partial charge in [0.15, 0.2) is 0 Å². The van der Waals surface area contributed by atoms with Gasteiger partial charge >= 0.3 is 0 Å². The lowest BCUT2D eigenvalue weighted by molar-refractivity contribution is 0.384. The Bertz CT molecular complexity index is 382. The van der Waals surface area contributed by atoms with Crippen molar-refractivity contribution in [2.45, 2.75) is 56.4 Å². The van der Waals surface area contributed by atoms with Crippen LogP contribution in [0, 0.1) is 0 Å². The van der Waals surface area contributed by atoms with Crippen LogP contribution in [0.5, 0.6) is 0 Å². The minimum atomic E-state index is 0.300. The van der Waals surface area contributed by atoms with Gasteiger partial charge in [-0.2, -0.15) is 0 Å². The summed E-state index contributed by atoms with van der Waals surface area (Å²) in [6.07, 6.45) is 10.6. The van der Waals surface area contributed by atoms with E-state index in [1.165, 1.54) is 44.1 Å². The van der Waals surface area contributed by atoms with Gasteiger partial charge < -0.3 is 0 Å². The molecule has 2 nitrogen and oxygen atoms in total. The van der Waals surface area contributed by atoms with E-state index < -0.39 is 0 Å². The molecule has 0 spiro atoms. The maximum atomic E-state index is 5.81. The van der Waals surface area contributed by atoms with Gasteiger partial charge in [-0.3, -0.25) is 11.3 Å². The predicted octanol–water partition coefficient (Wildman–Crippen LogP) is 3.69. The molecular weight excluding hydrogens is 232 g/mol. The van der Waals surface area contributed by atoms with Crippen LogP contribution < -0.4 is 11.3 Å². The molecule has 19 heavy (non-hydrogen) atoms. The summed E-state index contributed by atoms with van der Waals surface area (Å²) in [5, 5.41) is 0. The summed E-state index contributed by atoms with van der Waals surface area (Å²) in [7, 11) is 0. The molecule has 104 valence electrons. The highest BCUT2D eigenvalue weighted by molar-refractivity contribution is 5.33. The van der Waals surface area contributed by atoms with E-state index in [2.05, 4.69) is 42.3 Å². The number of allylic oxidation sites excluding steroid dienone is 1. The second-order valence-electron chi connectivity index (χ2n) is 5.67. The van der Waals surface area contributed by atoms with Crippen molar-refractivity contribution in [3.05, 3.63) is 48.6 Å². The van der Waals surface area contributed by atoms with Crippen LogP contribution in [0.4, 0.5) is 0 Å². The van der Waals surface area contributed by atoms with Crippen LogP contribution in [0.25, 0.3) is 0 Å². The largest absolute Gasteiger partial charge is 0.271 e. The SMILES string of the molecule is C=CCCCCCC(NN)C1(c2ccccc2)CC1. The summed E-state index contributed by atoms with van der Waals surface area (Å²) in [4.78, 5) is 0. The van der Waals surface area contributed by atoms with Crippen LogP contribution in [-0.4, -0.2) is 6.04 Å². The van der Waals surface area contributed by atoms with E-state index in [1.807, 2.05) is 6.08 Å². The third kappa shape index (κ3) is 3.46. The molecule has 0 heterocycles. The van der Waals surface area contributed by atoms with E-state index in [0.29, 0.717) is 11.5 Å². The number of hydrogen-bond acceptors (Lipinski definition) is 2. The normalized spacial score (nSPS) is 17.9. The van der Waals surface area contributed by atoms with E-state index in [9.17, 15) is 0 Å². The van der Waals surface area contributed by atoms with Gasteiger partial charge in [-0.1, -0.05) is 49.2 Å². The van der Waals surface area contributed by atoms with Crippen molar-refractivity contribution in [3.63, 3.8) is 0 Å². The van der Waals surface area contributed by atoms with Crippen molar-refractivity contribution >= 4 is 0 Å². The highest BCUT2D eigenvalue weighted by atomic mass is 15.2. The van der Waals surface area contributed by atoms with Crippen LogP contribution in [0.1, 0.15) is 50.5 Å². The van der Waals surface area contributed by atoms with Crippen molar-refractivity contribution in [1.82, 2.24) is 5.43 Å². The first-order chi connectivity index (χ1) is 9.33. The Morgan fingerprint density at radius 3 is 2.53 bits per heavy atom. The Kier molecular flexibility index (Phi) is 5.17. The maximum Gasteiger partial charge on any atom is 0.0307 e. The zero-order valence-electron chi connectivity index (χ0n) is 11.8. The van der Waals surface area contributed by atoms with E-state index in [4.69, 9.17) is 5.84 Å². The van der Waals surface area contributed by atoms with Gasteiger partial charge in [-0.25, -0.2) is 0 Å². The fourth-order valence-corrected chi connectivity index (χ4v) is 3.08. The first kappa shape index (κ1) is 14.3. The average Bonchev–Trinajstić information content (AvgIpc) is 3.25. The van der Waals surface area contributed by atoms with Crippen molar-refractivity contribution in [3.8, 4) is 0 Å². The summed E-state index contributed by atoms with van der Waals surface area (Å²) in [5.41, 5.74) is 4.82. The molecule has 2 heteroatoms. The van der Waals surface area contributed by atoms with Crippen LogP contribution in [0.2, 0.25) is 0 Å². The molecule has 1 saturated carbocycles. The number of nitrogens with two attached hydrogens (primary N) is 1. The van der Waals surface area contributed by atoms with Crippen molar-refractivity contribution in [2.75, 3.05) is 0 Å². The first-order valence-corrected chi connectivity index (χ1v) is 7.46. The summed E-state index contributed by atoms with van der Waals surface area (Å²) in [6.45, 7) is 3.77. The van der Waals surface area contributed by atoms with Gasteiger partial charge in [-0.15, -0.1) is 6.58 Å². The molecule has 0 amide bonds. The van der Waals surface area contributed by atoms with Gasteiger partial charge in [0.25, 0.3) is 0 Å².